The zero-order valence-electron chi connectivity index (χ0n) is 16.8. The Bertz CT molecular complexity index is 1160. The molecule has 0 saturated carbocycles. The molecule has 0 aliphatic rings. The van der Waals surface area contributed by atoms with Crippen molar-refractivity contribution in [2.75, 3.05) is 7.11 Å². The van der Waals surface area contributed by atoms with Gasteiger partial charge in [-0.3, -0.25) is 0 Å². The largest absolute Gasteiger partial charge is 0.497 e. The Labute approximate surface area is 173 Å². The monoisotopic (exact) mass is 407 g/mol. The van der Waals surface area contributed by atoms with Crippen molar-refractivity contribution in [3.63, 3.8) is 0 Å². The summed E-state index contributed by atoms with van der Waals surface area (Å²) in [6.07, 6.45) is 0. The fraction of sp³-hybridized carbons (Fsp3) is 0.217. The van der Waals surface area contributed by atoms with Crippen molar-refractivity contribution in [2.45, 2.75) is 26.6 Å². The minimum atomic E-state index is -0.305. The number of ether oxygens (including phenoxy) is 2. The summed E-state index contributed by atoms with van der Waals surface area (Å²) >= 11 is 0. The number of nitrogens with zero attached hydrogens (tertiary/aromatic N) is 2. The van der Waals surface area contributed by atoms with Gasteiger partial charge in [-0.2, -0.15) is 0 Å². The number of pyridine rings is 1. The Balaban J connectivity index is 1.58. The van der Waals surface area contributed by atoms with E-state index >= 15 is 0 Å². The number of methoxy groups -OCH3 is 1. The first-order valence-corrected chi connectivity index (χ1v) is 9.59. The maximum absolute atomic E-state index is 14.0. The average Bonchev–Trinajstić information content (AvgIpc) is 3.17. The van der Waals surface area contributed by atoms with Gasteiger partial charge in [0.05, 0.1) is 24.9 Å². The molecule has 0 spiro atoms. The van der Waals surface area contributed by atoms with Crippen molar-refractivity contribution in [1.29, 1.82) is 0 Å². The van der Waals surface area contributed by atoms with Crippen molar-refractivity contribution in [2.24, 2.45) is 0 Å². The second kappa shape index (κ2) is 8.92. The minimum absolute atomic E-state index is 0.0868. The van der Waals surface area contributed by atoms with E-state index in [1.165, 1.54) is 6.07 Å². The number of aromatic nitrogens is 2. The number of rotatable bonds is 8. The van der Waals surface area contributed by atoms with Crippen molar-refractivity contribution < 1.29 is 18.4 Å². The molecule has 0 atom stereocenters. The molecule has 0 aliphatic heterocycles. The van der Waals surface area contributed by atoms with Crippen LogP contribution in [0.25, 0.3) is 10.9 Å². The zero-order chi connectivity index (χ0) is 20.9. The molecule has 0 amide bonds. The fourth-order valence-corrected chi connectivity index (χ4v) is 3.13. The standard InChI is InChI=1S/C23H22FN3O3/c1-15-9-20(30-27-15)13-25-12-18-10-16-7-8-19(28-2)11-22(16)26-23(18)29-14-17-5-3-4-6-21(17)24/h3-11,25H,12-14H2,1-2H3. The Morgan fingerprint density at radius 1 is 1.03 bits per heavy atom. The van der Waals surface area contributed by atoms with Crippen LogP contribution >= 0.6 is 0 Å². The first-order chi connectivity index (χ1) is 14.6. The minimum Gasteiger partial charge on any atom is -0.497 e. The molecule has 154 valence electrons. The lowest BCUT2D eigenvalue weighted by Crippen LogP contribution is -2.14. The second-order valence-corrected chi connectivity index (χ2v) is 6.93. The van der Waals surface area contributed by atoms with E-state index in [-0.39, 0.29) is 12.4 Å². The molecule has 2 aromatic carbocycles. The smallest absolute Gasteiger partial charge is 0.218 e. The zero-order valence-corrected chi connectivity index (χ0v) is 16.8. The number of aryl methyl sites for hydroxylation is 1. The van der Waals surface area contributed by atoms with Gasteiger partial charge in [0, 0.05) is 35.2 Å². The topological polar surface area (TPSA) is 69.4 Å². The van der Waals surface area contributed by atoms with E-state index in [1.54, 1.807) is 25.3 Å². The molecule has 2 heterocycles. The van der Waals surface area contributed by atoms with Crippen molar-refractivity contribution >= 4 is 10.9 Å². The van der Waals surface area contributed by atoms with Crippen molar-refractivity contribution in [1.82, 2.24) is 15.5 Å². The van der Waals surface area contributed by atoms with Crippen LogP contribution in [0.1, 0.15) is 22.6 Å². The Hall–Kier alpha value is -3.45. The maximum atomic E-state index is 14.0. The van der Waals surface area contributed by atoms with Crippen LogP contribution in [0.2, 0.25) is 0 Å². The molecule has 0 bridgehead atoms. The van der Waals surface area contributed by atoms with E-state index < -0.39 is 0 Å². The van der Waals surface area contributed by atoms with Crippen LogP contribution < -0.4 is 14.8 Å². The molecule has 1 N–H and O–H groups in total. The van der Waals surface area contributed by atoms with Crippen molar-refractivity contribution in [3.05, 3.63) is 83.0 Å². The lowest BCUT2D eigenvalue weighted by Gasteiger charge is -2.13. The lowest BCUT2D eigenvalue weighted by molar-refractivity contribution is 0.284. The van der Waals surface area contributed by atoms with Gasteiger partial charge in [0.2, 0.25) is 5.88 Å². The summed E-state index contributed by atoms with van der Waals surface area (Å²) in [5.41, 5.74) is 2.91. The second-order valence-electron chi connectivity index (χ2n) is 6.93. The highest BCUT2D eigenvalue weighted by molar-refractivity contribution is 5.81. The van der Waals surface area contributed by atoms with E-state index in [0.717, 1.165) is 27.9 Å². The lowest BCUT2D eigenvalue weighted by atomic mass is 10.1. The van der Waals surface area contributed by atoms with E-state index in [2.05, 4.69) is 15.5 Å². The SMILES string of the molecule is COc1ccc2cc(CNCc3cc(C)no3)c(OCc3ccccc3F)nc2c1. The average molecular weight is 407 g/mol. The molecule has 30 heavy (non-hydrogen) atoms. The molecule has 4 rings (SSSR count). The third kappa shape index (κ3) is 4.58. The number of benzene rings is 2. The van der Waals surface area contributed by atoms with E-state index in [4.69, 9.17) is 14.0 Å². The van der Waals surface area contributed by atoms with Gasteiger partial charge >= 0.3 is 0 Å². The van der Waals surface area contributed by atoms with Crippen LogP contribution in [-0.2, 0) is 19.7 Å². The number of hydrogen-bond acceptors (Lipinski definition) is 6. The van der Waals surface area contributed by atoms with Gasteiger partial charge in [-0.15, -0.1) is 0 Å². The van der Waals surface area contributed by atoms with E-state index in [0.29, 0.717) is 30.3 Å². The molecule has 6 nitrogen and oxygen atoms in total. The quantitative estimate of drug-likeness (QED) is 0.462. The molecule has 0 saturated heterocycles. The Morgan fingerprint density at radius 3 is 2.67 bits per heavy atom. The number of halogens is 1. The Kier molecular flexibility index (Phi) is 5.90. The molecule has 0 aliphatic carbocycles. The summed E-state index contributed by atoms with van der Waals surface area (Å²) in [5, 5.41) is 8.16. The molecule has 0 unspecified atom stereocenters. The Morgan fingerprint density at radius 2 is 1.90 bits per heavy atom. The van der Waals surface area contributed by atoms with Crippen LogP contribution in [0.3, 0.4) is 0 Å². The van der Waals surface area contributed by atoms with Gasteiger partial charge in [0.25, 0.3) is 0 Å². The van der Waals surface area contributed by atoms with E-state index in [9.17, 15) is 4.39 Å². The third-order valence-electron chi connectivity index (χ3n) is 4.68. The van der Waals surface area contributed by atoms with Crippen LogP contribution in [0.5, 0.6) is 11.6 Å². The molecule has 4 aromatic rings. The molecule has 2 aromatic heterocycles. The van der Waals surface area contributed by atoms with Crippen LogP contribution in [0.15, 0.2) is 59.1 Å². The number of hydrogen-bond donors (Lipinski definition) is 1. The summed E-state index contributed by atoms with van der Waals surface area (Å²) in [7, 11) is 1.61. The van der Waals surface area contributed by atoms with Gasteiger partial charge < -0.3 is 19.3 Å². The fourth-order valence-electron chi connectivity index (χ4n) is 3.13. The van der Waals surface area contributed by atoms with Gasteiger partial charge in [0.1, 0.15) is 18.2 Å². The first kappa shape index (κ1) is 19.8. The van der Waals surface area contributed by atoms with Gasteiger partial charge in [-0.1, -0.05) is 23.4 Å². The normalized spacial score (nSPS) is 11.0. The number of fused-ring (bicyclic) bond motifs is 1. The van der Waals surface area contributed by atoms with Gasteiger partial charge in [0.15, 0.2) is 5.76 Å². The van der Waals surface area contributed by atoms with Crippen molar-refractivity contribution in [3.8, 4) is 11.6 Å². The third-order valence-corrected chi connectivity index (χ3v) is 4.68. The molecule has 0 radical (unpaired) electrons. The predicted molar refractivity (Wildman–Crippen MR) is 111 cm³/mol. The van der Waals surface area contributed by atoms with Gasteiger partial charge in [-0.05, 0) is 31.2 Å². The predicted octanol–water partition coefficient (Wildman–Crippen LogP) is 4.55. The first-order valence-electron chi connectivity index (χ1n) is 9.59. The highest BCUT2D eigenvalue weighted by Gasteiger charge is 2.12. The summed E-state index contributed by atoms with van der Waals surface area (Å²) in [6, 6.07) is 16.1. The molecule has 0 fully saturated rings. The highest BCUT2D eigenvalue weighted by atomic mass is 19.1. The van der Waals surface area contributed by atoms with Gasteiger partial charge in [-0.25, -0.2) is 9.37 Å². The summed E-state index contributed by atoms with van der Waals surface area (Å²) < 4.78 is 30.4. The highest BCUT2D eigenvalue weighted by Crippen LogP contribution is 2.26. The van der Waals surface area contributed by atoms with E-state index in [1.807, 2.05) is 37.3 Å². The molecular weight excluding hydrogens is 385 g/mol. The molecular formula is C23H22FN3O3. The van der Waals surface area contributed by atoms with Crippen LogP contribution in [0, 0.1) is 12.7 Å². The summed E-state index contributed by atoms with van der Waals surface area (Å²) in [4.78, 5) is 4.66. The maximum Gasteiger partial charge on any atom is 0.218 e. The molecule has 7 heteroatoms. The number of nitrogens with one attached hydrogen (secondary N) is 1. The summed E-state index contributed by atoms with van der Waals surface area (Å²) in [6.45, 7) is 2.99. The van der Waals surface area contributed by atoms with Crippen LogP contribution in [0.4, 0.5) is 4.39 Å². The summed E-state index contributed by atoms with van der Waals surface area (Å²) in [5.74, 6) is 1.60. The van der Waals surface area contributed by atoms with Crippen LogP contribution in [-0.4, -0.2) is 17.3 Å².